The van der Waals surface area contributed by atoms with Crippen molar-refractivity contribution in [3.8, 4) is 11.5 Å². The summed E-state index contributed by atoms with van der Waals surface area (Å²) >= 11 is 0. The minimum absolute atomic E-state index is 0.573. The van der Waals surface area contributed by atoms with Gasteiger partial charge in [-0.05, 0) is 12.0 Å². The number of ether oxygens (including phenoxy) is 2. The van der Waals surface area contributed by atoms with Crippen molar-refractivity contribution in [3.63, 3.8) is 0 Å². The maximum Gasteiger partial charge on any atom is 0.133 e. The highest BCUT2D eigenvalue weighted by molar-refractivity contribution is 5.96. The molecule has 25 heavy (non-hydrogen) atoms. The molecule has 1 unspecified atom stereocenters. The molecule has 0 fully saturated rings. The number of rotatable bonds is 6. The van der Waals surface area contributed by atoms with Crippen LogP contribution in [0.4, 0.5) is 0 Å². The molecule has 0 aliphatic heterocycles. The second-order valence-corrected chi connectivity index (χ2v) is 5.81. The Morgan fingerprint density at radius 3 is 2.04 bits per heavy atom. The molecule has 0 spiro atoms. The molecule has 128 valence electrons. The number of fused-ring (bicyclic) bond motifs is 1. The van der Waals surface area contributed by atoms with Gasteiger partial charge in [-0.25, -0.2) is 0 Å². The van der Waals surface area contributed by atoms with E-state index in [2.05, 4.69) is 6.58 Å². The van der Waals surface area contributed by atoms with E-state index in [-0.39, 0.29) is 0 Å². The summed E-state index contributed by atoms with van der Waals surface area (Å²) in [6.45, 7) is 3.86. The standard InChI is InChI=1S/C22H22O3/c1-4-10-18-19(20(23)15-11-6-5-7-12-15)22(25-3)17-14-9-8-13-16(17)21(18)24-2/h4-9,11-14,20,23H,1,10H2,2-3H3. The molecule has 3 heteroatoms. The van der Waals surface area contributed by atoms with E-state index in [0.717, 1.165) is 33.2 Å². The van der Waals surface area contributed by atoms with Gasteiger partial charge in [0.05, 0.1) is 14.2 Å². The highest BCUT2D eigenvalue weighted by Gasteiger charge is 2.25. The number of hydrogen-bond donors (Lipinski definition) is 1. The summed E-state index contributed by atoms with van der Waals surface area (Å²) in [6, 6.07) is 17.5. The maximum atomic E-state index is 11.1. The van der Waals surface area contributed by atoms with Gasteiger partial charge >= 0.3 is 0 Å². The van der Waals surface area contributed by atoms with Crippen molar-refractivity contribution >= 4 is 10.8 Å². The SMILES string of the molecule is C=CCc1c(C(O)c2ccccc2)c(OC)c2ccccc2c1OC. The zero-order valence-corrected chi connectivity index (χ0v) is 14.5. The number of aliphatic hydroxyl groups is 1. The second-order valence-electron chi connectivity index (χ2n) is 5.81. The van der Waals surface area contributed by atoms with Gasteiger partial charge in [-0.3, -0.25) is 0 Å². The van der Waals surface area contributed by atoms with Crippen LogP contribution in [0.3, 0.4) is 0 Å². The maximum absolute atomic E-state index is 11.1. The monoisotopic (exact) mass is 334 g/mol. The first-order valence-electron chi connectivity index (χ1n) is 8.22. The number of hydrogen-bond acceptors (Lipinski definition) is 3. The minimum atomic E-state index is -0.815. The number of allylic oxidation sites excluding steroid dienone is 1. The van der Waals surface area contributed by atoms with E-state index < -0.39 is 6.10 Å². The zero-order valence-electron chi connectivity index (χ0n) is 14.5. The molecule has 0 amide bonds. The van der Waals surface area contributed by atoms with Crippen LogP contribution in [0.5, 0.6) is 11.5 Å². The molecule has 3 nitrogen and oxygen atoms in total. The first-order valence-corrected chi connectivity index (χ1v) is 8.22. The lowest BCUT2D eigenvalue weighted by Gasteiger charge is -2.23. The Hall–Kier alpha value is -2.78. The van der Waals surface area contributed by atoms with Gasteiger partial charge in [0.2, 0.25) is 0 Å². The van der Waals surface area contributed by atoms with Gasteiger partial charge in [0.1, 0.15) is 17.6 Å². The lowest BCUT2D eigenvalue weighted by atomic mass is 9.89. The summed E-state index contributed by atoms with van der Waals surface area (Å²) in [4.78, 5) is 0. The van der Waals surface area contributed by atoms with Crippen LogP contribution < -0.4 is 9.47 Å². The highest BCUT2D eigenvalue weighted by Crippen LogP contribution is 2.45. The van der Waals surface area contributed by atoms with E-state index in [0.29, 0.717) is 12.2 Å². The number of benzene rings is 3. The molecule has 0 bridgehead atoms. The summed E-state index contributed by atoms with van der Waals surface area (Å²) in [5.41, 5.74) is 2.43. The third-order valence-electron chi connectivity index (χ3n) is 4.41. The number of methoxy groups -OCH3 is 2. The van der Waals surface area contributed by atoms with Crippen LogP contribution in [0.2, 0.25) is 0 Å². The van der Waals surface area contributed by atoms with Crippen molar-refractivity contribution in [1.29, 1.82) is 0 Å². The molecule has 1 N–H and O–H groups in total. The van der Waals surface area contributed by atoms with E-state index in [1.54, 1.807) is 14.2 Å². The first kappa shape index (κ1) is 17.1. The van der Waals surface area contributed by atoms with E-state index in [1.165, 1.54) is 0 Å². The average molecular weight is 334 g/mol. The van der Waals surface area contributed by atoms with Gasteiger partial charge in [0.25, 0.3) is 0 Å². The molecular formula is C22H22O3. The van der Waals surface area contributed by atoms with Crippen LogP contribution in [0.25, 0.3) is 10.8 Å². The summed E-state index contributed by atoms with van der Waals surface area (Å²) in [7, 11) is 3.28. The first-order chi connectivity index (χ1) is 12.2. The summed E-state index contributed by atoms with van der Waals surface area (Å²) in [6.07, 6.45) is 1.57. The van der Waals surface area contributed by atoms with Crippen molar-refractivity contribution in [2.45, 2.75) is 12.5 Å². The highest BCUT2D eigenvalue weighted by atomic mass is 16.5. The third-order valence-corrected chi connectivity index (χ3v) is 4.41. The summed E-state index contributed by atoms with van der Waals surface area (Å²) in [5, 5.41) is 13.0. The molecule has 0 radical (unpaired) electrons. The third kappa shape index (κ3) is 2.99. The summed E-state index contributed by atoms with van der Waals surface area (Å²) < 4.78 is 11.5. The van der Waals surface area contributed by atoms with Crippen LogP contribution in [0, 0.1) is 0 Å². The fourth-order valence-corrected chi connectivity index (χ4v) is 3.34. The largest absolute Gasteiger partial charge is 0.496 e. The van der Waals surface area contributed by atoms with E-state index in [1.807, 2.05) is 60.7 Å². The number of aliphatic hydroxyl groups excluding tert-OH is 1. The summed E-state index contributed by atoms with van der Waals surface area (Å²) in [5.74, 6) is 1.42. The molecular weight excluding hydrogens is 312 g/mol. The Labute approximate surface area is 148 Å². The smallest absolute Gasteiger partial charge is 0.133 e. The molecule has 0 saturated carbocycles. The predicted molar refractivity (Wildman–Crippen MR) is 101 cm³/mol. The average Bonchev–Trinajstić information content (AvgIpc) is 2.67. The fraction of sp³-hybridized carbons (Fsp3) is 0.182. The Morgan fingerprint density at radius 1 is 0.920 bits per heavy atom. The lowest BCUT2D eigenvalue weighted by Crippen LogP contribution is -2.09. The van der Waals surface area contributed by atoms with Crippen LogP contribution in [-0.4, -0.2) is 19.3 Å². The lowest BCUT2D eigenvalue weighted by molar-refractivity contribution is 0.213. The van der Waals surface area contributed by atoms with Crippen LogP contribution in [0.15, 0.2) is 67.3 Å². The van der Waals surface area contributed by atoms with Gasteiger partial charge in [0, 0.05) is 21.9 Å². The van der Waals surface area contributed by atoms with E-state index in [9.17, 15) is 5.11 Å². The van der Waals surface area contributed by atoms with Crippen molar-refractivity contribution in [3.05, 3.63) is 83.9 Å². The van der Waals surface area contributed by atoms with Crippen molar-refractivity contribution < 1.29 is 14.6 Å². The van der Waals surface area contributed by atoms with Crippen LogP contribution in [-0.2, 0) is 6.42 Å². The van der Waals surface area contributed by atoms with Gasteiger partial charge in [-0.15, -0.1) is 6.58 Å². The van der Waals surface area contributed by atoms with Crippen molar-refractivity contribution in [2.75, 3.05) is 14.2 Å². The molecule has 3 aromatic rings. The Kier molecular flexibility index (Phi) is 5.05. The quantitative estimate of drug-likeness (QED) is 0.666. The van der Waals surface area contributed by atoms with Gasteiger partial charge in [0.15, 0.2) is 0 Å². The van der Waals surface area contributed by atoms with E-state index >= 15 is 0 Å². The topological polar surface area (TPSA) is 38.7 Å². The fourth-order valence-electron chi connectivity index (χ4n) is 3.34. The molecule has 0 aliphatic carbocycles. The Bertz CT molecular complexity index is 885. The molecule has 0 aliphatic rings. The normalized spacial score (nSPS) is 12.0. The van der Waals surface area contributed by atoms with Gasteiger partial charge in [-0.2, -0.15) is 0 Å². The van der Waals surface area contributed by atoms with Crippen molar-refractivity contribution in [1.82, 2.24) is 0 Å². The van der Waals surface area contributed by atoms with Crippen LogP contribution >= 0.6 is 0 Å². The predicted octanol–water partition coefficient (Wildman–Crippen LogP) is 4.67. The zero-order chi connectivity index (χ0) is 17.8. The van der Waals surface area contributed by atoms with E-state index in [4.69, 9.17) is 9.47 Å². The van der Waals surface area contributed by atoms with Gasteiger partial charge in [-0.1, -0.05) is 60.7 Å². The van der Waals surface area contributed by atoms with Gasteiger partial charge < -0.3 is 14.6 Å². The minimum Gasteiger partial charge on any atom is -0.496 e. The Balaban J connectivity index is 2.38. The second kappa shape index (κ2) is 7.41. The molecule has 3 rings (SSSR count). The molecule has 1 atom stereocenters. The Morgan fingerprint density at radius 2 is 1.48 bits per heavy atom. The van der Waals surface area contributed by atoms with Crippen LogP contribution in [0.1, 0.15) is 22.8 Å². The molecule has 0 aromatic heterocycles. The molecule has 0 heterocycles. The molecule has 3 aromatic carbocycles. The molecule has 0 saturated heterocycles. The van der Waals surface area contributed by atoms with Crippen molar-refractivity contribution in [2.24, 2.45) is 0 Å².